The number of esters is 1. The molecule has 4 rings (SSSR count). The van der Waals surface area contributed by atoms with Crippen LogP contribution in [0, 0.1) is 6.92 Å². The molecule has 0 fully saturated rings. The molecule has 184 valence electrons. The minimum Gasteiger partial charge on any atom is -0.493 e. The quantitative estimate of drug-likeness (QED) is 0.127. The summed E-state index contributed by atoms with van der Waals surface area (Å²) >= 11 is 1.54. The summed E-state index contributed by atoms with van der Waals surface area (Å²) in [5.41, 5.74) is 7.44. The van der Waals surface area contributed by atoms with Gasteiger partial charge in [0.05, 0.1) is 24.6 Å². The molecule has 0 bridgehead atoms. The second-order valence-electron chi connectivity index (χ2n) is 9.29. The highest BCUT2D eigenvalue weighted by Gasteiger charge is 2.16. The van der Waals surface area contributed by atoms with Crippen molar-refractivity contribution in [2.75, 3.05) is 12.5 Å². The Bertz CT molecular complexity index is 1370. The molecule has 0 aliphatic rings. The summed E-state index contributed by atoms with van der Waals surface area (Å²) in [6.45, 7) is 8.43. The molecule has 1 N–H and O–H groups in total. The Morgan fingerprint density at radius 3 is 2.39 bits per heavy atom. The third-order valence-corrected chi connectivity index (χ3v) is 6.47. The molecule has 0 radical (unpaired) electrons. The van der Waals surface area contributed by atoms with E-state index < -0.39 is 5.97 Å². The number of carbonyl (C=O) groups excluding carboxylic acids is 1. The molecule has 0 aliphatic heterocycles. The van der Waals surface area contributed by atoms with Crippen molar-refractivity contribution in [1.82, 2.24) is 4.98 Å². The third-order valence-electron chi connectivity index (χ3n) is 5.59. The van der Waals surface area contributed by atoms with Gasteiger partial charge in [0.15, 0.2) is 11.5 Å². The fourth-order valence-corrected chi connectivity index (χ4v) is 4.37. The first kappa shape index (κ1) is 25.1. The lowest BCUT2D eigenvalue weighted by molar-refractivity contribution is 0.0729. The van der Waals surface area contributed by atoms with Gasteiger partial charge in [0.2, 0.25) is 5.13 Å². The van der Waals surface area contributed by atoms with E-state index in [-0.39, 0.29) is 5.41 Å². The number of carbonyl (C=O) groups is 1. The van der Waals surface area contributed by atoms with Crippen LogP contribution in [0.4, 0.5) is 5.13 Å². The number of aryl methyl sites for hydroxylation is 1. The van der Waals surface area contributed by atoms with E-state index in [1.807, 2.05) is 55.5 Å². The van der Waals surface area contributed by atoms with Crippen molar-refractivity contribution >= 4 is 28.7 Å². The Morgan fingerprint density at radius 1 is 1.00 bits per heavy atom. The molecular formula is C29H29N3O3S. The lowest BCUT2D eigenvalue weighted by Gasteiger charge is -2.19. The van der Waals surface area contributed by atoms with E-state index >= 15 is 0 Å². The van der Waals surface area contributed by atoms with Crippen molar-refractivity contribution < 1.29 is 14.3 Å². The van der Waals surface area contributed by atoms with Crippen LogP contribution in [0.5, 0.6) is 11.5 Å². The summed E-state index contributed by atoms with van der Waals surface area (Å²) in [6, 6.07) is 22.8. The molecule has 7 heteroatoms. The number of rotatable bonds is 7. The van der Waals surface area contributed by atoms with E-state index in [9.17, 15) is 4.79 Å². The van der Waals surface area contributed by atoms with Crippen LogP contribution in [-0.4, -0.2) is 24.3 Å². The molecule has 4 aromatic rings. The highest BCUT2D eigenvalue weighted by atomic mass is 32.1. The van der Waals surface area contributed by atoms with Gasteiger partial charge >= 0.3 is 5.97 Å². The van der Waals surface area contributed by atoms with Crippen molar-refractivity contribution in [2.45, 2.75) is 33.1 Å². The number of aromatic nitrogens is 1. The standard InChI is InChI=1S/C29H29N3O3S/c1-19-26(21-9-7-6-8-10-21)31-28(36-19)32-30-18-20-11-16-24(25(17-20)34-5)35-27(33)22-12-14-23(15-13-22)29(2,3)4/h6-18H,1-5H3,(H,31,32). The van der Waals surface area contributed by atoms with Crippen LogP contribution < -0.4 is 14.9 Å². The van der Waals surface area contributed by atoms with Crippen LogP contribution in [0.3, 0.4) is 0 Å². The summed E-state index contributed by atoms with van der Waals surface area (Å²) in [5, 5.41) is 5.02. The van der Waals surface area contributed by atoms with Crippen LogP contribution >= 0.6 is 11.3 Å². The number of methoxy groups -OCH3 is 1. The number of hydrazone groups is 1. The fourth-order valence-electron chi connectivity index (χ4n) is 3.58. The van der Waals surface area contributed by atoms with Gasteiger partial charge < -0.3 is 9.47 Å². The number of anilines is 1. The van der Waals surface area contributed by atoms with E-state index in [1.54, 1.807) is 41.8 Å². The second-order valence-corrected chi connectivity index (χ2v) is 10.5. The molecule has 0 unspecified atom stereocenters. The minimum absolute atomic E-state index is 0.0144. The number of hydrogen-bond donors (Lipinski definition) is 1. The van der Waals surface area contributed by atoms with Gasteiger partial charge in [-0.3, -0.25) is 5.43 Å². The van der Waals surface area contributed by atoms with Gasteiger partial charge in [-0.05, 0) is 53.8 Å². The molecule has 0 spiro atoms. The number of thiazole rings is 1. The average Bonchev–Trinajstić information content (AvgIpc) is 3.25. The van der Waals surface area contributed by atoms with Gasteiger partial charge in [-0.1, -0.05) is 63.2 Å². The minimum atomic E-state index is -0.440. The Morgan fingerprint density at radius 2 is 1.72 bits per heavy atom. The second kappa shape index (κ2) is 10.7. The normalized spacial score (nSPS) is 11.5. The van der Waals surface area contributed by atoms with Crippen molar-refractivity contribution in [2.24, 2.45) is 5.10 Å². The highest BCUT2D eigenvalue weighted by Crippen LogP contribution is 2.31. The molecular weight excluding hydrogens is 470 g/mol. The topological polar surface area (TPSA) is 72.8 Å². The third kappa shape index (κ3) is 5.98. The Hall–Kier alpha value is -3.97. The monoisotopic (exact) mass is 499 g/mol. The Balaban J connectivity index is 1.42. The molecule has 0 saturated heterocycles. The fraction of sp³-hybridized carbons (Fsp3) is 0.207. The zero-order valence-corrected chi connectivity index (χ0v) is 21.8. The predicted octanol–water partition coefficient (Wildman–Crippen LogP) is 7.09. The SMILES string of the molecule is COc1cc(C=NNc2nc(-c3ccccc3)c(C)s2)ccc1OC(=O)c1ccc(C(C)(C)C)cc1. The van der Waals surface area contributed by atoms with E-state index in [1.165, 1.54) is 7.11 Å². The number of nitrogens with zero attached hydrogens (tertiary/aromatic N) is 2. The molecule has 6 nitrogen and oxygen atoms in total. The predicted molar refractivity (Wildman–Crippen MR) is 147 cm³/mol. The molecule has 1 heterocycles. The number of ether oxygens (including phenoxy) is 2. The van der Waals surface area contributed by atoms with Gasteiger partial charge in [-0.15, -0.1) is 11.3 Å². The van der Waals surface area contributed by atoms with E-state index in [0.717, 1.165) is 27.3 Å². The lowest BCUT2D eigenvalue weighted by Crippen LogP contribution is -2.13. The first-order chi connectivity index (χ1) is 17.2. The molecule has 0 amide bonds. The number of nitrogens with one attached hydrogen (secondary N) is 1. The molecule has 0 saturated carbocycles. The van der Waals surface area contributed by atoms with E-state index in [4.69, 9.17) is 9.47 Å². The molecule has 36 heavy (non-hydrogen) atoms. The molecule has 1 aromatic heterocycles. The van der Waals surface area contributed by atoms with Crippen LogP contribution in [0.15, 0.2) is 77.9 Å². The van der Waals surface area contributed by atoms with E-state index in [0.29, 0.717) is 22.2 Å². The van der Waals surface area contributed by atoms with Crippen molar-refractivity contribution in [3.63, 3.8) is 0 Å². The van der Waals surface area contributed by atoms with E-state index in [2.05, 4.69) is 36.3 Å². The number of benzene rings is 3. The first-order valence-corrected chi connectivity index (χ1v) is 12.4. The van der Waals surface area contributed by atoms with Crippen LogP contribution in [0.2, 0.25) is 0 Å². The maximum atomic E-state index is 12.7. The Kier molecular flexibility index (Phi) is 7.50. The zero-order valence-electron chi connectivity index (χ0n) is 21.0. The van der Waals surface area contributed by atoms with Crippen molar-refractivity contribution in [1.29, 1.82) is 0 Å². The van der Waals surface area contributed by atoms with Crippen LogP contribution in [0.1, 0.15) is 47.1 Å². The van der Waals surface area contributed by atoms with Crippen LogP contribution in [-0.2, 0) is 5.41 Å². The molecule has 3 aromatic carbocycles. The smallest absolute Gasteiger partial charge is 0.343 e. The van der Waals surface area contributed by atoms with Crippen LogP contribution in [0.25, 0.3) is 11.3 Å². The largest absolute Gasteiger partial charge is 0.493 e. The van der Waals surface area contributed by atoms with Crippen molar-refractivity contribution in [3.8, 4) is 22.8 Å². The summed E-state index contributed by atoms with van der Waals surface area (Å²) in [7, 11) is 1.54. The maximum Gasteiger partial charge on any atom is 0.343 e. The highest BCUT2D eigenvalue weighted by molar-refractivity contribution is 7.16. The lowest BCUT2D eigenvalue weighted by atomic mass is 9.87. The van der Waals surface area contributed by atoms with Gasteiger partial charge in [-0.25, -0.2) is 9.78 Å². The van der Waals surface area contributed by atoms with Gasteiger partial charge in [0.1, 0.15) is 0 Å². The number of hydrogen-bond acceptors (Lipinski definition) is 7. The van der Waals surface area contributed by atoms with Gasteiger partial charge in [0, 0.05) is 10.4 Å². The molecule has 0 atom stereocenters. The Labute approximate surface area is 215 Å². The van der Waals surface area contributed by atoms with Gasteiger partial charge in [-0.2, -0.15) is 5.10 Å². The van der Waals surface area contributed by atoms with Gasteiger partial charge in [0.25, 0.3) is 0 Å². The first-order valence-electron chi connectivity index (χ1n) is 11.6. The van der Waals surface area contributed by atoms with Crippen molar-refractivity contribution in [3.05, 3.63) is 94.4 Å². The summed E-state index contributed by atoms with van der Waals surface area (Å²) in [6.07, 6.45) is 1.66. The average molecular weight is 500 g/mol. The molecule has 0 aliphatic carbocycles. The zero-order chi connectivity index (χ0) is 25.7. The summed E-state index contributed by atoms with van der Waals surface area (Å²) < 4.78 is 11.1. The summed E-state index contributed by atoms with van der Waals surface area (Å²) in [4.78, 5) is 18.4. The maximum absolute atomic E-state index is 12.7. The summed E-state index contributed by atoms with van der Waals surface area (Å²) in [5.74, 6) is 0.343.